The number of hydrogen-bond acceptors (Lipinski definition) is 3. The van der Waals surface area contributed by atoms with Crippen molar-refractivity contribution in [2.24, 2.45) is 0 Å². The Morgan fingerprint density at radius 2 is 2.12 bits per heavy atom. The van der Waals surface area contributed by atoms with Gasteiger partial charge in [-0.1, -0.05) is 34.1 Å². The van der Waals surface area contributed by atoms with E-state index in [-0.39, 0.29) is 0 Å². The molecule has 17 heavy (non-hydrogen) atoms. The fourth-order valence-electron chi connectivity index (χ4n) is 1.41. The van der Waals surface area contributed by atoms with Gasteiger partial charge in [0.05, 0.1) is 18.1 Å². The largest absolute Gasteiger partial charge is 0.487 e. The van der Waals surface area contributed by atoms with Crippen molar-refractivity contribution in [3.05, 3.63) is 52.8 Å². The van der Waals surface area contributed by atoms with E-state index < -0.39 is 0 Å². The van der Waals surface area contributed by atoms with Gasteiger partial charge in [-0.2, -0.15) is 0 Å². The molecule has 1 aromatic carbocycles. The lowest BCUT2D eigenvalue weighted by Crippen LogP contribution is -1.97. The normalized spacial score (nSPS) is 10.0. The first kappa shape index (κ1) is 11.9. The number of rotatable bonds is 4. The molecule has 2 rings (SSSR count). The van der Waals surface area contributed by atoms with Gasteiger partial charge in [-0.25, -0.2) is 0 Å². The molecule has 1 aromatic heterocycles. The molecule has 1 heterocycles. The molecule has 0 saturated carbocycles. The Labute approximate surface area is 109 Å². The van der Waals surface area contributed by atoms with Gasteiger partial charge in [-0.15, -0.1) is 0 Å². The summed E-state index contributed by atoms with van der Waals surface area (Å²) in [5.74, 6) is 0.757. The van der Waals surface area contributed by atoms with Crippen molar-refractivity contribution in [2.45, 2.75) is 6.61 Å². The van der Waals surface area contributed by atoms with E-state index in [1.165, 1.54) is 0 Å². The number of pyridine rings is 1. The third kappa shape index (κ3) is 3.20. The Bertz CT molecular complexity index is 502. The first-order chi connectivity index (χ1) is 8.29. The molecule has 0 radical (unpaired) electrons. The molecule has 0 fully saturated rings. The van der Waals surface area contributed by atoms with Gasteiger partial charge >= 0.3 is 0 Å². The molecule has 3 nitrogen and oxygen atoms in total. The van der Waals surface area contributed by atoms with E-state index >= 15 is 0 Å². The first-order valence-electron chi connectivity index (χ1n) is 5.28. The minimum absolute atomic E-state index is 0.524. The lowest BCUT2D eigenvalue weighted by molar-refractivity contribution is 0.304. The molecule has 2 aromatic rings. The van der Waals surface area contributed by atoms with Gasteiger partial charge in [0.25, 0.3) is 0 Å². The van der Waals surface area contributed by atoms with E-state index in [2.05, 4.69) is 26.2 Å². The number of ether oxygens (including phenoxy) is 1. The van der Waals surface area contributed by atoms with Gasteiger partial charge in [-0.05, 0) is 6.07 Å². The quantitative estimate of drug-likeness (QED) is 0.937. The van der Waals surface area contributed by atoms with E-state index in [0.717, 1.165) is 21.5 Å². The summed E-state index contributed by atoms with van der Waals surface area (Å²) in [6, 6.07) is 9.92. The number of benzene rings is 1. The van der Waals surface area contributed by atoms with Gasteiger partial charge in [0.2, 0.25) is 0 Å². The summed E-state index contributed by atoms with van der Waals surface area (Å²) in [4.78, 5) is 4.09. The van der Waals surface area contributed by atoms with Crippen molar-refractivity contribution in [2.75, 3.05) is 12.4 Å². The van der Waals surface area contributed by atoms with Crippen LogP contribution in [0.2, 0.25) is 0 Å². The molecule has 0 amide bonds. The Balaban J connectivity index is 2.05. The van der Waals surface area contributed by atoms with Gasteiger partial charge < -0.3 is 10.1 Å². The third-order valence-corrected chi connectivity index (χ3v) is 3.13. The second kappa shape index (κ2) is 5.68. The summed E-state index contributed by atoms with van der Waals surface area (Å²) >= 11 is 3.49. The fourth-order valence-corrected chi connectivity index (χ4v) is 1.81. The van der Waals surface area contributed by atoms with Gasteiger partial charge in [-0.3, -0.25) is 4.98 Å². The zero-order valence-corrected chi connectivity index (χ0v) is 11.1. The number of nitrogens with one attached hydrogen (secondary N) is 1. The van der Waals surface area contributed by atoms with Crippen LogP contribution in [0, 0.1) is 0 Å². The Morgan fingerprint density at radius 1 is 1.29 bits per heavy atom. The van der Waals surface area contributed by atoms with Crippen molar-refractivity contribution in [3.8, 4) is 5.75 Å². The zero-order chi connectivity index (χ0) is 12.1. The number of hydrogen-bond donors (Lipinski definition) is 1. The van der Waals surface area contributed by atoms with Crippen LogP contribution in [-0.4, -0.2) is 12.0 Å². The predicted octanol–water partition coefficient (Wildman–Crippen LogP) is 3.46. The van der Waals surface area contributed by atoms with Crippen LogP contribution in [0.15, 0.2) is 47.2 Å². The van der Waals surface area contributed by atoms with Crippen LogP contribution in [0.5, 0.6) is 5.75 Å². The van der Waals surface area contributed by atoms with Crippen molar-refractivity contribution < 1.29 is 4.74 Å². The molecule has 0 aliphatic rings. The van der Waals surface area contributed by atoms with Gasteiger partial charge in [0, 0.05) is 23.2 Å². The second-order valence-electron chi connectivity index (χ2n) is 3.54. The summed E-state index contributed by atoms with van der Waals surface area (Å²) in [6.07, 6.45) is 3.46. The third-order valence-electron chi connectivity index (χ3n) is 2.35. The molecule has 0 aliphatic heterocycles. The molecule has 0 spiro atoms. The van der Waals surface area contributed by atoms with Crippen molar-refractivity contribution in [3.63, 3.8) is 0 Å². The number of halogens is 1. The summed E-state index contributed by atoms with van der Waals surface area (Å²) in [5, 5.41) is 3.03. The molecule has 0 atom stereocenters. The summed E-state index contributed by atoms with van der Waals surface area (Å²) in [5.41, 5.74) is 2.05. The predicted molar refractivity (Wildman–Crippen MR) is 72.3 cm³/mol. The first-order valence-corrected chi connectivity index (χ1v) is 6.08. The van der Waals surface area contributed by atoms with Crippen LogP contribution in [0.1, 0.15) is 5.56 Å². The van der Waals surface area contributed by atoms with Crippen molar-refractivity contribution in [1.82, 2.24) is 4.98 Å². The number of anilines is 1. The zero-order valence-electron chi connectivity index (χ0n) is 9.48. The molecule has 0 unspecified atom stereocenters. The minimum Gasteiger partial charge on any atom is -0.487 e. The average molecular weight is 293 g/mol. The summed E-state index contributed by atoms with van der Waals surface area (Å²) in [6.45, 7) is 0.524. The highest BCUT2D eigenvalue weighted by Crippen LogP contribution is 2.20. The van der Waals surface area contributed by atoms with Gasteiger partial charge in [0.1, 0.15) is 12.4 Å². The monoisotopic (exact) mass is 292 g/mol. The average Bonchev–Trinajstić information content (AvgIpc) is 2.38. The molecule has 0 bridgehead atoms. The molecular weight excluding hydrogens is 280 g/mol. The maximum atomic E-state index is 5.68. The highest BCUT2D eigenvalue weighted by atomic mass is 79.9. The maximum absolute atomic E-state index is 5.68. The molecule has 0 aliphatic carbocycles. The molecule has 88 valence electrons. The lowest BCUT2D eigenvalue weighted by Gasteiger charge is -2.08. The van der Waals surface area contributed by atoms with Crippen LogP contribution in [0.25, 0.3) is 0 Å². The van der Waals surface area contributed by atoms with E-state index in [1.54, 1.807) is 12.4 Å². The van der Waals surface area contributed by atoms with Crippen LogP contribution < -0.4 is 10.1 Å². The van der Waals surface area contributed by atoms with E-state index in [9.17, 15) is 0 Å². The van der Waals surface area contributed by atoms with E-state index in [4.69, 9.17) is 4.74 Å². The number of nitrogens with zero attached hydrogens (tertiary/aromatic N) is 1. The Kier molecular flexibility index (Phi) is 3.98. The topological polar surface area (TPSA) is 34.2 Å². The molecule has 4 heteroatoms. The second-order valence-corrected chi connectivity index (χ2v) is 4.39. The molecular formula is C13H13BrN2O. The molecule has 1 N–H and O–H groups in total. The highest BCUT2D eigenvalue weighted by molar-refractivity contribution is 9.10. The Hall–Kier alpha value is -1.55. The fraction of sp³-hybridized carbons (Fsp3) is 0.154. The van der Waals surface area contributed by atoms with Crippen LogP contribution >= 0.6 is 15.9 Å². The van der Waals surface area contributed by atoms with Crippen molar-refractivity contribution in [1.29, 1.82) is 0 Å². The summed E-state index contributed by atoms with van der Waals surface area (Å²) < 4.78 is 6.74. The van der Waals surface area contributed by atoms with E-state index in [0.29, 0.717) is 6.61 Å². The smallest absolute Gasteiger partial charge is 0.140 e. The SMILES string of the molecule is CNc1cncc(OCc2ccccc2Br)c1. The standard InChI is InChI=1S/C13H13BrN2O/c1-15-11-6-12(8-16-7-11)17-9-10-4-2-3-5-13(10)14/h2-8,15H,9H2,1H3. The highest BCUT2D eigenvalue weighted by Gasteiger charge is 2.00. The van der Waals surface area contributed by atoms with Crippen LogP contribution in [-0.2, 0) is 6.61 Å². The van der Waals surface area contributed by atoms with Crippen LogP contribution in [0.4, 0.5) is 5.69 Å². The maximum Gasteiger partial charge on any atom is 0.140 e. The summed E-state index contributed by atoms with van der Waals surface area (Å²) in [7, 11) is 1.86. The van der Waals surface area contributed by atoms with Crippen molar-refractivity contribution >= 4 is 21.6 Å². The van der Waals surface area contributed by atoms with Gasteiger partial charge in [0.15, 0.2) is 0 Å². The minimum atomic E-state index is 0.524. The number of aromatic nitrogens is 1. The lowest BCUT2D eigenvalue weighted by atomic mass is 10.2. The van der Waals surface area contributed by atoms with E-state index in [1.807, 2.05) is 37.4 Å². The Morgan fingerprint density at radius 3 is 2.88 bits per heavy atom. The molecule has 0 saturated heterocycles. The van der Waals surface area contributed by atoms with Crippen LogP contribution in [0.3, 0.4) is 0 Å².